The molecule has 27 heavy (non-hydrogen) atoms. The zero-order valence-corrected chi connectivity index (χ0v) is 16.3. The maximum Gasteiger partial charge on any atom is 0.289 e. The number of nitrogens with zero attached hydrogens (tertiary/aromatic N) is 3. The van der Waals surface area contributed by atoms with Crippen molar-refractivity contribution in [1.29, 1.82) is 0 Å². The number of nitro benzene ring substituents is 1. The summed E-state index contributed by atoms with van der Waals surface area (Å²) in [6.45, 7) is 4.77. The number of non-ortho nitro benzene ring substituents is 1. The molecule has 0 unspecified atom stereocenters. The number of rotatable bonds is 3. The van der Waals surface area contributed by atoms with Crippen LogP contribution in [0.15, 0.2) is 47.5 Å². The Labute approximate surface area is 162 Å². The molecule has 136 valence electrons. The molecule has 1 amide bonds. The molecule has 0 saturated heterocycles. The molecule has 0 radical (unpaired) electrons. The average molecular weight is 397 g/mol. The molecular formula is C19H15N3O3S2. The lowest BCUT2D eigenvalue weighted by atomic mass is 10.2. The fourth-order valence-corrected chi connectivity index (χ4v) is 5.08. The summed E-state index contributed by atoms with van der Waals surface area (Å²) < 4.78 is 3.94. The number of thiazole rings is 1. The first kappa shape index (κ1) is 17.6. The molecule has 0 aliphatic heterocycles. The third-order valence-electron chi connectivity index (χ3n) is 4.27. The minimum Gasteiger partial charge on any atom is -0.317 e. The van der Waals surface area contributed by atoms with Gasteiger partial charge in [0.1, 0.15) is 0 Å². The minimum atomic E-state index is -0.438. The van der Waals surface area contributed by atoms with Crippen molar-refractivity contribution in [2.75, 3.05) is 0 Å². The Balaban J connectivity index is 1.80. The summed E-state index contributed by atoms with van der Waals surface area (Å²) in [6.07, 6.45) is 0. The summed E-state index contributed by atoms with van der Waals surface area (Å²) in [6, 6.07) is 12.5. The van der Waals surface area contributed by atoms with E-state index in [1.165, 1.54) is 34.8 Å². The number of aryl methyl sites for hydroxylation is 2. The molecule has 0 bridgehead atoms. The van der Waals surface area contributed by atoms with Gasteiger partial charge in [0.25, 0.3) is 11.6 Å². The van der Waals surface area contributed by atoms with Gasteiger partial charge >= 0.3 is 0 Å². The van der Waals surface area contributed by atoms with Gasteiger partial charge in [0, 0.05) is 28.8 Å². The van der Waals surface area contributed by atoms with Crippen LogP contribution in [0.1, 0.15) is 22.2 Å². The molecule has 0 saturated carbocycles. The monoisotopic (exact) mass is 397 g/mol. The van der Waals surface area contributed by atoms with Crippen molar-refractivity contribution < 1.29 is 9.72 Å². The molecule has 4 rings (SSSR count). The van der Waals surface area contributed by atoms with Gasteiger partial charge in [0.15, 0.2) is 4.80 Å². The molecule has 2 heterocycles. The average Bonchev–Trinajstić information content (AvgIpc) is 3.21. The van der Waals surface area contributed by atoms with Crippen LogP contribution in [-0.4, -0.2) is 15.4 Å². The van der Waals surface area contributed by atoms with Crippen molar-refractivity contribution >= 4 is 54.6 Å². The van der Waals surface area contributed by atoms with Crippen LogP contribution < -0.4 is 4.80 Å². The maximum atomic E-state index is 12.7. The Morgan fingerprint density at radius 1 is 1.15 bits per heavy atom. The van der Waals surface area contributed by atoms with E-state index in [-0.39, 0.29) is 11.6 Å². The molecule has 2 aromatic heterocycles. The number of hydrogen-bond acceptors (Lipinski definition) is 5. The van der Waals surface area contributed by atoms with Crippen LogP contribution in [-0.2, 0) is 6.54 Å². The summed E-state index contributed by atoms with van der Waals surface area (Å²) in [5.41, 5.74) is 2.24. The first-order chi connectivity index (χ1) is 13.0. The fraction of sp³-hybridized carbons (Fsp3) is 0.158. The highest BCUT2D eigenvalue weighted by Gasteiger charge is 2.14. The number of fused-ring (bicyclic) bond motifs is 2. The predicted molar refractivity (Wildman–Crippen MR) is 109 cm³/mol. The second-order valence-electron chi connectivity index (χ2n) is 6.11. The minimum absolute atomic E-state index is 0.0138. The van der Waals surface area contributed by atoms with Gasteiger partial charge in [-0.15, -0.1) is 11.3 Å². The van der Waals surface area contributed by atoms with E-state index in [0.29, 0.717) is 21.6 Å². The number of benzene rings is 2. The van der Waals surface area contributed by atoms with Crippen LogP contribution in [0.25, 0.3) is 20.3 Å². The largest absolute Gasteiger partial charge is 0.317 e. The molecule has 4 aromatic rings. The molecule has 0 N–H and O–H groups in total. The molecule has 0 aliphatic rings. The molecule has 0 aliphatic carbocycles. The molecule has 6 nitrogen and oxygen atoms in total. The van der Waals surface area contributed by atoms with Crippen molar-refractivity contribution in [3.63, 3.8) is 0 Å². The quantitative estimate of drug-likeness (QED) is 0.364. The van der Waals surface area contributed by atoms with E-state index < -0.39 is 4.92 Å². The Morgan fingerprint density at radius 3 is 2.70 bits per heavy atom. The first-order valence-corrected chi connectivity index (χ1v) is 9.96. The molecule has 0 fully saturated rings. The summed E-state index contributed by atoms with van der Waals surface area (Å²) in [5.74, 6) is -0.329. The van der Waals surface area contributed by atoms with Gasteiger partial charge < -0.3 is 4.57 Å². The van der Waals surface area contributed by atoms with Crippen molar-refractivity contribution in [3.8, 4) is 0 Å². The van der Waals surface area contributed by atoms with E-state index in [0.717, 1.165) is 20.5 Å². The topological polar surface area (TPSA) is 77.5 Å². The van der Waals surface area contributed by atoms with E-state index in [1.54, 1.807) is 12.1 Å². The number of thiophene rings is 1. The normalized spacial score (nSPS) is 12.1. The van der Waals surface area contributed by atoms with Crippen LogP contribution in [0.3, 0.4) is 0 Å². The molecule has 0 atom stereocenters. The second-order valence-corrected chi connectivity index (χ2v) is 8.20. The first-order valence-electron chi connectivity index (χ1n) is 8.33. The number of hydrogen-bond donors (Lipinski definition) is 0. The maximum absolute atomic E-state index is 12.7. The van der Waals surface area contributed by atoms with Crippen molar-refractivity contribution in [3.05, 3.63) is 67.8 Å². The van der Waals surface area contributed by atoms with Crippen molar-refractivity contribution in [2.45, 2.75) is 20.4 Å². The fourth-order valence-electron chi connectivity index (χ4n) is 2.96. The number of carbonyl (C=O) groups is 1. The third-order valence-corrected chi connectivity index (χ3v) is 6.42. The lowest BCUT2D eigenvalue weighted by Crippen LogP contribution is -2.15. The van der Waals surface area contributed by atoms with E-state index in [2.05, 4.69) is 11.1 Å². The van der Waals surface area contributed by atoms with Gasteiger partial charge in [-0.2, -0.15) is 4.99 Å². The van der Waals surface area contributed by atoms with Gasteiger partial charge in [-0.05, 0) is 43.7 Å². The number of carbonyl (C=O) groups excluding carboxylic acids is 1. The van der Waals surface area contributed by atoms with Gasteiger partial charge in [-0.3, -0.25) is 14.9 Å². The second kappa shape index (κ2) is 6.71. The molecule has 2 aromatic carbocycles. The summed E-state index contributed by atoms with van der Waals surface area (Å²) in [7, 11) is 0. The molecule has 8 heteroatoms. The number of amides is 1. The van der Waals surface area contributed by atoms with Crippen LogP contribution in [0, 0.1) is 17.0 Å². The number of nitro groups is 1. The van der Waals surface area contributed by atoms with Crippen LogP contribution in [0.5, 0.6) is 0 Å². The predicted octanol–water partition coefficient (Wildman–Crippen LogP) is 4.90. The molecule has 0 spiro atoms. The van der Waals surface area contributed by atoms with Crippen LogP contribution in [0.4, 0.5) is 5.69 Å². The summed E-state index contributed by atoms with van der Waals surface area (Å²) >= 11 is 2.79. The van der Waals surface area contributed by atoms with Gasteiger partial charge in [0.2, 0.25) is 0 Å². The zero-order chi connectivity index (χ0) is 19.1. The lowest BCUT2D eigenvalue weighted by Gasteiger charge is -2.00. The van der Waals surface area contributed by atoms with Crippen LogP contribution in [0.2, 0.25) is 0 Å². The zero-order valence-electron chi connectivity index (χ0n) is 14.6. The van der Waals surface area contributed by atoms with E-state index >= 15 is 0 Å². The summed E-state index contributed by atoms with van der Waals surface area (Å²) in [4.78, 5) is 28.7. The Kier molecular flexibility index (Phi) is 4.37. The van der Waals surface area contributed by atoms with E-state index in [4.69, 9.17) is 0 Å². The Bertz CT molecular complexity index is 1280. The lowest BCUT2D eigenvalue weighted by molar-refractivity contribution is -0.384. The highest BCUT2D eigenvalue weighted by molar-refractivity contribution is 7.21. The SMILES string of the molecule is CCn1c(=NC(=O)c2cc3cc([N+](=O)[O-])ccc3s2)sc2cc(C)ccc21. The Hall–Kier alpha value is -2.84. The highest BCUT2D eigenvalue weighted by Crippen LogP contribution is 2.29. The van der Waals surface area contributed by atoms with E-state index in [1.807, 2.05) is 30.5 Å². The van der Waals surface area contributed by atoms with Crippen molar-refractivity contribution in [2.24, 2.45) is 4.99 Å². The van der Waals surface area contributed by atoms with E-state index in [9.17, 15) is 14.9 Å². The van der Waals surface area contributed by atoms with Crippen LogP contribution >= 0.6 is 22.7 Å². The van der Waals surface area contributed by atoms with Gasteiger partial charge in [-0.1, -0.05) is 17.4 Å². The van der Waals surface area contributed by atoms with Gasteiger partial charge in [0.05, 0.1) is 20.0 Å². The third kappa shape index (κ3) is 3.17. The smallest absolute Gasteiger partial charge is 0.289 e. The highest BCUT2D eigenvalue weighted by atomic mass is 32.1. The number of aromatic nitrogens is 1. The molecular weight excluding hydrogens is 382 g/mol. The standard InChI is InChI=1S/C19H15N3O3S2/c1-3-21-14-6-4-11(2)8-16(14)27-19(21)20-18(23)17-10-12-9-13(22(24)25)5-7-15(12)26-17/h4-10H,3H2,1-2H3. The summed E-state index contributed by atoms with van der Waals surface area (Å²) in [5, 5.41) is 11.6. The van der Waals surface area contributed by atoms with Gasteiger partial charge in [-0.25, -0.2) is 0 Å². The van der Waals surface area contributed by atoms with Crippen molar-refractivity contribution in [1.82, 2.24) is 4.57 Å². The Morgan fingerprint density at radius 2 is 1.96 bits per heavy atom.